The Morgan fingerprint density at radius 1 is 1.56 bits per heavy atom. The molecule has 0 aromatic carbocycles. The minimum atomic E-state index is -0.964. The van der Waals surface area contributed by atoms with Gasteiger partial charge in [0.05, 0.1) is 0 Å². The monoisotopic (exact) mass is 350 g/mol. The van der Waals surface area contributed by atoms with Gasteiger partial charge in [0.1, 0.15) is 0 Å². The van der Waals surface area contributed by atoms with Crippen LogP contribution in [0.3, 0.4) is 0 Å². The number of rotatable bonds is 2. The van der Waals surface area contributed by atoms with Gasteiger partial charge in [0.2, 0.25) is 0 Å². The summed E-state index contributed by atoms with van der Waals surface area (Å²) in [4.78, 5) is 0. The van der Waals surface area contributed by atoms with Crippen LogP contribution in [-0.4, -0.2) is 14.8 Å². The Hall–Kier alpha value is 1.19. The first-order valence-electron chi connectivity index (χ1n) is 2.30. The maximum atomic E-state index is 5.68. The molecule has 0 spiro atoms. The van der Waals surface area contributed by atoms with Crippen LogP contribution in [0.1, 0.15) is 6.92 Å². The molecule has 0 aliphatic heterocycles. The molecule has 5 heteroatoms. The van der Waals surface area contributed by atoms with Gasteiger partial charge in [-0.3, -0.25) is 0 Å². The Bertz CT molecular complexity index is 99.2. The molecule has 0 bridgehead atoms. The van der Waals surface area contributed by atoms with Crippen molar-refractivity contribution in [2.24, 2.45) is 11.5 Å². The molecule has 59 valence electrons. The van der Waals surface area contributed by atoms with Gasteiger partial charge in [-0.15, -0.1) is 0 Å². The van der Waals surface area contributed by atoms with Crippen LogP contribution in [0.5, 0.6) is 0 Å². The van der Waals surface area contributed by atoms with Gasteiger partial charge >= 0.3 is 76.2 Å². The fourth-order valence-electron chi connectivity index (χ4n) is 0.0850. The van der Waals surface area contributed by atoms with E-state index in [4.69, 9.17) is 34.7 Å². The SMILES string of the molecule is CC(N)(CCl)[C](N)(Cl)[Pt]. The van der Waals surface area contributed by atoms with Gasteiger partial charge in [-0.1, -0.05) is 0 Å². The summed E-state index contributed by atoms with van der Waals surface area (Å²) in [6.07, 6.45) is 0. The molecule has 0 aliphatic rings. The summed E-state index contributed by atoms with van der Waals surface area (Å²) >= 11 is 13.0. The first kappa shape index (κ1) is 10.2. The van der Waals surface area contributed by atoms with Crippen molar-refractivity contribution in [3.8, 4) is 0 Å². The third-order valence-electron chi connectivity index (χ3n) is 1.00. The molecule has 2 unspecified atom stereocenters. The van der Waals surface area contributed by atoms with Crippen LogP contribution in [0.2, 0.25) is 0 Å². The summed E-state index contributed by atoms with van der Waals surface area (Å²) in [6.45, 7) is 1.71. The second-order valence-electron chi connectivity index (χ2n) is 2.13. The van der Waals surface area contributed by atoms with Crippen molar-refractivity contribution in [2.45, 2.75) is 15.9 Å². The molecule has 0 saturated carbocycles. The van der Waals surface area contributed by atoms with Crippen LogP contribution in [-0.2, 0) is 19.8 Å². The van der Waals surface area contributed by atoms with Crippen molar-refractivity contribution >= 4 is 23.2 Å². The number of halogens is 2. The van der Waals surface area contributed by atoms with E-state index in [1.807, 2.05) is 19.8 Å². The first-order valence-corrected chi connectivity index (χ1v) is 4.34. The quantitative estimate of drug-likeness (QED) is 0.557. The Balaban J connectivity index is 4.14. The standard InChI is InChI=1S/C4H9Cl2N2.Pt/c1-4(8,2-5)3(6)7;/h2,7-8H2,1H3;. The van der Waals surface area contributed by atoms with Crippen LogP contribution in [0.4, 0.5) is 0 Å². The molecule has 0 heterocycles. The van der Waals surface area contributed by atoms with E-state index in [-0.39, 0.29) is 5.88 Å². The Morgan fingerprint density at radius 3 is 1.89 bits per heavy atom. The molecule has 2 nitrogen and oxygen atoms in total. The van der Waals surface area contributed by atoms with Gasteiger partial charge in [0, 0.05) is 0 Å². The maximum absolute atomic E-state index is 5.68. The van der Waals surface area contributed by atoms with Gasteiger partial charge in [-0.25, -0.2) is 0 Å². The molecule has 0 saturated heterocycles. The van der Waals surface area contributed by atoms with Crippen LogP contribution in [0.25, 0.3) is 0 Å². The van der Waals surface area contributed by atoms with Crippen molar-refractivity contribution in [3.05, 3.63) is 0 Å². The Labute approximate surface area is 76.1 Å². The normalized spacial score (nSPS) is 24.8. The molecule has 0 rings (SSSR count). The van der Waals surface area contributed by atoms with Crippen molar-refractivity contribution < 1.29 is 19.8 Å². The minimum absolute atomic E-state index is 0.247. The van der Waals surface area contributed by atoms with Gasteiger partial charge in [-0.05, 0) is 0 Å². The summed E-state index contributed by atoms with van der Waals surface area (Å²) < 4.78 is -0.964. The number of nitrogens with two attached hydrogens (primary N) is 2. The van der Waals surface area contributed by atoms with Crippen molar-refractivity contribution in [1.29, 1.82) is 0 Å². The van der Waals surface area contributed by atoms with Crippen LogP contribution < -0.4 is 11.5 Å². The molecule has 0 aliphatic carbocycles. The average molecular weight is 351 g/mol. The molecule has 0 fully saturated rings. The van der Waals surface area contributed by atoms with Gasteiger partial charge < -0.3 is 0 Å². The predicted octanol–water partition coefficient (Wildman–Crippen LogP) is 0.341. The van der Waals surface area contributed by atoms with Crippen LogP contribution in [0, 0.1) is 0 Å². The topological polar surface area (TPSA) is 52.0 Å². The molecule has 2 atom stereocenters. The molecule has 4 N–H and O–H groups in total. The average Bonchev–Trinajstić information content (AvgIpc) is 1.64. The Kier molecular flexibility index (Phi) is 3.46. The first-order chi connectivity index (χ1) is 3.81. The third-order valence-corrected chi connectivity index (χ3v) is 3.29. The van der Waals surface area contributed by atoms with E-state index < -0.39 is 8.93 Å². The zero-order chi connectivity index (χ0) is 7.71. The number of hydrogen-bond donors (Lipinski definition) is 2. The van der Waals surface area contributed by atoms with E-state index in [1.54, 1.807) is 6.92 Å². The van der Waals surface area contributed by atoms with Crippen molar-refractivity contribution in [3.63, 3.8) is 0 Å². The number of alkyl halides is 2. The van der Waals surface area contributed by atoms with Gasteiger partial charge in [-0.2, -0.15) is 0 Å². The third kappa shape index (κ3) is 2.73. The zero-order valence-electron chi connectivity index (χ0n) is 4.93. The van der Waals surface area contributed by atoms with Crippen LogP contribution >= 0.6 is 23.2 Å². The van der Waals surface area contributed by atoms with Gasteiger partial charge in [0.15, 0.2) is 0 Å². The van der Waals surface area contributed by atoms with E-state index in [0.29, 0.717) is 0 Å². The predicted molar refractivity (Wildman–Crippen MR) is 36.1 cm³/mol. The van der Waals surface area contributed by atoms with Gasteiger partial charge in [0.25, 0.3) is 0 Å². The fraction of sp³-hybridized carbons (Fsp3) is 1.00. The molecule has 9 heavy (non-hydrogen) atoms. The molecule has 0 aromatic heterocycles. The van der Waals surface area contributed by atoms with Crippen LogP contribution in [0.15, 0.2) is 0 Å². The summed E-state index contributed by atoms with van der Waals surface area (Å²) in [6, 6.07) is 0. The molecule has 0 aromatic rings. The molecular formula is C4H9Cl2N2Pt. The van der Waals surface area contributed by atoms with E-state index in [1.165, 1.54) is 0 Å². The number of hydrogen-bond acceptors (Lipinski definition) is 2. The summed E-state index contributed by atoms with van der Waals surface area (Å²) in [5, 5.41) is 0. The van der Waals surface area contributed by atoms with E-state index in [0.717, 1.165) is 0 Å². The summed E-state index contributed by atoms with van der Waals surface area (Å²) in [5.41, 5.74) is 10.3. The molecule has 0 radical (unpaired) electrons. The van der Waals surface area contributed by atoms with Crippen molar-refractivity contribution in [2.75, 3.05) is 5.88 Å². The fourth-order valence-corrected chi connectivity index (χ4v) is 0.862. The van der Waals surface area contributed by atoms with E-state index in [2.05, 4.69) is 0 Å². The molecule has 0 amide bonds. The second kappa shape index (κ2) is 3.06. The molecular weight excluding hydrogens is 342 g/mol. The summed E-state index contributed by atoms with van der Waals surface area (Å²) in [5.74, 6) is 0.247. The zero-order valence-corrected chi connectivity index (χ0v) is 8.72. The second-order valence-corrected chi connectivity index (χ2v) is 5.44. The van der Waals surface area contributed by atoms with E-state index >= 15 is 0 Å². The van der Waals surface area contributed by atoms with E-state index in [9.17, 15) is 0 Å². The Morgan fingerprint density at radius 2 is 1.89 bits per heavy atom. The van der Waals surface area contributed by atoms with Crippen molar-refractivity contribution in [1.82, 2.24) is 0 Å². The summed E-state index contributed by atoms with van der Waals surface area (Å²) in [7, 11) is 0.